The zero-order chi connectivity index (χ0) is 12.1. The first-order valence-electron chi connectivity index (χ1n) is 5.62. The second-order valence-electron chi connectivity index (χ2n) is 3.91. The molecule has 1 atom stereocenters. The number of anilines is 1. The van der Waals surface area contributed by atoms with Crippen molar-refractivity contribution in [2.45, 2.75) is 13.0 Å². The summed E-state index contributed by atoms with van der Waals surface area (Å²) in [4.78, 5) is 0. The standard InChI is InChI=1S/C15H14N2/c1-12(11-16)17-15-10-6-5-9-14(15)13-7-3-2-4-8-13/h2-10,12,17H,1H3. The summed E-state index contributed by atoms with van der Waals surface area (Å²) in [5, 5.41) is 12.0. The monoisotopic (exact) mass is 222 g/mol. The maximum Gasteiger partial charge on any atom is 0.111 e. The summed E-state index contributed by atoms with van der Waals surface area (Å²) in [5.74, 6) is 0. The van der Waals surface area contributed by atoms with Gasteiger partial charge in [-0.15, -0.1) is 0 Å². The van der Waals surface area contributed by atoms with E-state index in [-0.39, 0.29) is 6.04 Å². The lowest BCUT2D eigenvalue weighted by molar-refractivity contribution is 1.01. The van der Waals surface area contributed by atoms with Crippen molar-refractivity contribution in [3.05, 3.63) is 54.6 Å². The molecule has 0 saturated carbocycles. The Kier molecular flexibility index (Phi) is 3.42. The summed E-state index contributed by atoms with van der Waals surface area (Å²) < 4.78 is 0. The highest BCUT2D eigenvalue weighted by molar-refractivity contribution is 5.78. The van der Waals surface area contributed by atoms with Gasteiger partial charge in [0.05, 0.1) is 6.07 Å². The zero-order valence-electron chi connectivity index (χ0n) is 9.72. The normalized spacial score (nSPS) is 11.5. The highest BCUT2D eigenvalue weighted by Crippen LogP contribution is 2.27. The van der Waals surface area contributed by atoms with Crippen molar-refractivity contribution in [2.24, 2.45) is 0 Å². The van der Waals surface area contributed by atoms with Crippen LogP contribution in [0.1, 0.15) is 6.92 Å². The molecule has 2 nitrogen and oxygen atoms in total. The number of hydrogen-bond donors (Lipinski definition) is 1. The Morgan fingerprint density at radius 2 is 1.65 bits per heavy atom. The fourth-order valence-corrected chi connectivity index (χ4v) is 1.74. The van der Waals surface area contributed by atoms with Crippen molar-refractivity contribution in [3.8, 4) is 17.2 Å². The molecule has 2 heteroatoms. The van der Waals surface area contributed by atoms with E-state index >= 15 is 0 Å². The molecule has 0 aliphatic carbocycles. The SMILES string of the molecule is CC(C#N)Nc1ccccc1-c1ccccc1. The molecule has 2 rings (SSSR count). The first-order chi connectivity index (χ1) is 8.31. The summed E-state index contributed by atoms with van der Waals surface area (Å²) in [7, 11) is 0. The van der Waals surface area contributed by atoms with Crippen LogP contribution in [0.2, 0.25) is 0 Å². The number of rotatable bonds is 3. The van der Waals surface area contributed by atoms with Crippen LogP contribution in [0.25, 0.3) is 11.1 Å². The van der Waals surface area contributed by atoms with E-state index in [1.807, 2.05) is 43.3 Å². The second-order valence-corrected chi connectivity index (χ2v) is 3.91. The average Bonchev–Trinajstić information content (AvgIpc) is 2.40. The molecular formula is C15H14N2. The van der Waals surface area contributed by atoms with E-state index in [4.69, 9.17) is 5.26 Å². The van der Waals surface area contributed by atoms with Crippen molar-refractivity contribution >= 4 is 5.69 Å². The van der Waals surface area contributed by atoms with Gasteiger partial charge in [0.1, 0.15) is 6.04 Å². The molecule has 2 aromatic carbocycles. The van der Waals surface area contributed by atoms with E-state index in [1.54, 1.807) is 0 Å². The number of hydrogen-bond acceptors (Lipinski definition) is 2. The molecule has 0 radical (unpaired) electrons. The molecule has 0 spiro atoms. The van der Waals surface area contributed by atoms with E-state index in [0.29, 0.717) is 0 Å². The summed E-state index contributed by atoms with van der Waals surface area (Å²) in [6, 6.07) is 20.2. The van der Waals surface area contributed by atoms with Gasteiger partial charge in [-0.1, -0.05) is 48.5 Å². The molecule has 0 amide bonds. The smallest absolute Gasteiger partial charge is 0.111 e. The molecule has 84 valence electrons. The Labute approximate surface area is 102 Å². The molecule has 17 heavy (non-hydrogen) atoms. The number of nitriles is 1. The number of nitrogens with one attached hydrogen (secondary N) is 1. The molecule has 0 fully saturated rings. The van der Waals surface area contributed by atoms with Gasteiger partial charge in [0.15, 0.2) is 0 Å². The summed E-state index contributed by atoms with van der Waals surface area (Å²) in [5.41, 5.74) is 3.27. The van der Waals surface area contributed by atoms with Crippen LogP contribution in [0.15, 0.2) is 54.6 Å². The van der Waals surface area contributed by atoms with E-state index in [2.05, 4.69) is 29.6 Å². The van der Waals surface area contributed by atoms with Gasteiger partial charge < -0.3 is 5.32 Å². The maximum atomic E-state index is 8.85. The van der Waals surface area contributed by atoms with Crippen LogP contribution < -0.4 is 5.32 Å². The van der Waals surface area contributed by atoms with Crippen molar-refractivity contribution in [1.29, 1.82) is 5.26 Å². The minimum Gasteiger partial charge on any atom is -0.370 e. The second kappa shape index (κ2) is 5.18. The van der Waals surface area contributed by atoms with Gasteiger partial charge in [-0.25, -0.2) is 0 Å². The van der Waals surface area contributed by atoms with Gasteiger partial charge in [-0.2, -0.15) is 5.26 Å². The Bertz CT molecular complexity index is 526. The molecule has 0 aliphatic rings. The number of nitrogens with zero attached hydrogens (tertiary/aromatic N) is 1. The first-order valence-corrected chi connectivity index (χ1v) is 5.62. The number of benzene rings is 2. The molecule has 0 bridgehead atoms. The summed E-state index contributed by atoms with van der Waals surface area (Å²) >= 11 is 0. The van der Waals surface area contributed by atoms with Gasteiger partial charge in [-0.3, -0.25) is 0 Å². The molecule has 0 aromatic heterocycles. The van der Waals surface area contributed by atoms with Gasteiger partial charge in [0, 0.05) is 11.3 Å². The molecule has 2 aromatic rings. The van der Waals surface area contributed by atoms with Crippen LogP contribution in [0.5, 0.6) is 0 Å². The van der Waals surface area contributed by atoms with E-state index in [0.717, 1.165) is 16.8 Å². The third kappa shape index (κ3) is 2.64. The molecule has 0 aliphatic heterocycles. The third-order valence-electron chi connectivity index (χ3n) is 2.58. The van der Waals surface area contributed by atoms with Gasteiger partial charge in [-0.05, 0) is 18.6 Å². The van der Waals surface area contributed by atoms with Crippen LogP contribution >= 0.6 is 0 Å². The van der Waals surface area contributed by atoms with E-state index < -0.39 is 0 Å². The predicted octanol–water partition coefficient (Wildman–Crippen LogP) is 3.68. The predicted molar refractivity (Wildman–Crippen MR) is 70.6 cm³/mol. The van der Waals surface area contributed by atoms with Crippen molar-refractivity contribution in [2.75, 3.05) is 5.32 Å². The fourth-order valence-electron chi connectivity index (χ4n) is 1.74. The Balaban J connectivity index is 2.38. The van der Waals surface area contributed by atoms with E-state index in [1.165, 1.54) is 0 Å². The van der Waals surface area contributed by atoms with Crippen molar-refractivity contribution in [3.63, 3.8) is 0 Å². The van der Waals surface area contributed by atoms with Gasteiger partial charge >= 0.3 is 0 Å². The Morgan fingerprint density at radius 3 is 2.35 bits per heavy atom. The molecule has 1 N–H and O–H groups in total. The lowest BCUT2D eigenvalue weighted by atomic mass is 10.0. The Hall–Kier alpha value is -2.27. The maximum absolute atomic E-state index is 8.85. The van der Waals surface area contributed by atoms with Crippen LogP contribution in [-0.2, 0) is 0 Å². The van der Waals surface area contributed by atoms with Crippen LogP contribution in [0.3, 0.4) is 0 Å². The number of para-hydroxylation sites is 1. The van der Waals surface area contributed by atoms with E-state index in [9.17, 15) is 0 Å². The highest BCUT2D eigenvalue weighted by Gasteiger charge is 2.06. The van der Waals surface area contributed by atoms with Crippen molar-refractivity contribution in [1.82, 2.24) is 0 Å². The minimum atomic E-state index is -0.195. The zero-order valence-corrected chi connectivity index (χ0v) is 9.72. The average molecular weight is 222 g/mol. The molecule has 1 unspecified atom stereocenters. The van der Waals surface area contributed by atoms with Crippen molar-refractivity contribution < 1.29 is 0 Å². The first kappa shape index (κ1) is 11.2. The lowest BCUT2D eigenvalue weighted by Crippen LogP contribution is -2.12. The van der Waals surface area contributed by atoms with Gasteiger partial charge in [0.2, 0.25) is 0 Å². The molecule has 0 heterocycles. The topological polar surface area (TPSA) is 35.8 Å². The summed E-state index contributed by atoms with van der Waals surface area (Å²) in [6.07, 6.45) is 0. The third-order valence-corrected chi connectivity index (χ3v) is 2.58. The van der Waals surface area contributed by atoms with Crippen LogP contribution in [0, 0.1) is 11.3 Å². The lowest BCUT2D eigenvalue weighted by Gasteiger charge is -2.13. The van der Waals surface area contributed by atoms with Crippen LogP contribution in [0.4, 0.5) is 5.69 Å². The summed E-state index contributed by atoms with van der Waals surface area (Å²) in [6.45, 7) is 1.85. The Morgan fingerprint density at radius 1 is 1.00 bits per heavy atom. The fraction of sp³-hybridized carbons (Fsp3) is 0.133. The minimum absolute atomic E-state index is 0.195. The molecule has 0 saturated heterocycles. The highest BCUT2D eigenvalue weighted by atomic mass is 14.9. The largest absolute Gasteiger partial charge is 0.370 e. The quantitative estimate of drug-likeness (QED) is 0.859. The van der Waals surface area contributed by atoms with Crippen LogP contribution in [-0.4, -0.2) is 6.04 Å². The molecular weight excluding hydrogens is 208 g/mol. The van der Waals surface area contributed by atoms with Gasteiger partial charge in [0.25, 0.3) is 0 Å².